The first kappa shape index (κ1) is 22.1. The summed E-state index contributed by atoms with van der Waals surface area (Å²) in [5.74, 6) is 0. The van der Waals surface area contributed by atoms with E-state index in [0.717, 1.165) is 57.2 Å². The number of fused-ring (bicyclic) bond motifs is 1. The van der Waals surface area contributed by atoms with Crippen LogP contribution in [0.3, 0.4) is 0 Å². The molecule has 0 radical (unpaired) electrons. The maximum Gasteiger partial charge on any atom is 0.320 e. The Balaban J connectivity index is 1.10. The Morgan fingerprint density at radius 1 is 0.939 bits per heavy atom. The van der Waals surface area contributed by atoms with Crippen molar-refractivity contribution in [2.75, 3.05) is 63.9 Å². The van der Waals surface area contributed by atoms with E-state index in [2.05, 4.69) is 45.1 Å². The maximum absolute atomic E-state index is 12.9. The molecule has 3 aliphatic heterocycles. The van der Waals surface area contributed by atoms with Crippen molar-refractivity contribution in [1.29, 1.82) is 0 Å². The van der Waals surface area contributed by atoms with Crippen LogP contribution >= 0.6 is 0 Å². The van der Waals surface area contributed by atoms with Gasteiger partial charge in [0, 0.05) is 52.4 Å². The zero-order chi connectivity index (χ0) is 22.6. The molecule has 2 fully saturated rings. The van der Waals surface area contributed by atoms with Crippen LogP contribution in [-0.2, 0) is 24.2 Å². The van der Waals surface area contributed by atoms with Crippen LogP contribution in [0.1, 0.15) is 16.8 Å². The highest BCUT2D eigenvalue weighted by molar-refractivity contribution is 5.76. The van der Waals surface area contributed by atoms with Gasteiger partial charge >= 0.3 is 6.03 Å². The quantitative estimate of drug-likeness (QED) is 0.689. The average Bonchev–Trinajstić information content (AvgIpc) is 3.18. The third kappa shape index (κ3) is 5.29. The van der Waals surface area contributed by atoms with Crippen LogP contribution in [0.4, 0.5) is 10.5 Å². The number of aliphatic hydroxyl groups excluding tert-OH is 1. The fourth-order valence-electron chi connectivity index (χ4n) is 4.98. The van der Waals surface area contributed by atoms with Crippen molar-refractivity contribution in [1.82, 2.24) is 19.7 Å². The molecular formula is C25H33N5O3. The minimum Gasteiger partial charge on any atom is -0.390 e. The van der Waals surface area contributed by atoms with Crippen molar-refractivity contribution in [3.05, 3.63) is 59.4 Å². The molecule has 0 saturated carbocycles. The topological polar surface area (TPSA) is 72.4 Å². The molecule has 1 aromatic carbocycles. The van der Waals surface area contributed by atoms with Crippen LogP contribution in [0.25, 0.3) is 0 Å². The molecule has 1 atom stereocenters. The van der Waals surface area contributed by atoms with Crippen molar-refractivity contribution in [2.45, 2.75) is 25.6 Å². The Bertz CT molecular complexity index is 947. The van der Waals surface area contributed by atoms with Crippen LogP contribution in [-0.4, -0.2) is 96.0 Å². The third-order valence-corrected chi connectivity index (χ3v) is 6.83. The highest BCUT2D eigenvalue weighted by Crippen LogP contribution is 2.20. The van der Waals surface area contributed by atoms with E-state index >= 15 is 0 Å². The lowest BCUT2D eigenvalue weighted by molar-refractivity contribution is 0.0812. The van der Waals surface area contributed by atoms with Gasteiger partial charge in [-0.15, -0.1) is 0 Å². The molecule has 2 saturated heterocycles. The first-order chi connectivity index (χ1) is 16.2. The number of anilines is 1. The molecule has 1 aromatic heterocycles. The molecule has 1 unspecified atom stereocenters. The number of hydrogen-bond donors (Lipinski definition) is 1. The summed E-state index contributed by atoms with van der Waals surface area (Å²) in [5, 5.41) is 10.7. The van der Waals surface area contributed by atoms with Gasteiger partial charge in [0.05, 0.1) is 43.4 Å². The molecule has 2 amide bonds. The number of morpholine rings is 1. The zero-order valence-electron chi connectivity index (χ0n) is 19.1. The van der Waals surface area contributed by atoms with Crippen LogP contribution in [0.15, 0.2) is 42.6 Å². The van der Waals surface area contributed by atoms with E-state index in [1.165, 1.54) is 11.1 Å². The minimum absolute atomic E-state index is 0.0166. The van der Waals surface area contributed by atoms with Gasteiger partial charge in [-0.1, -0.05) is 24.3 Å². The van der Waals surface area contributed by atoms with Crippen LogP contribution < -0.4 is 4.90 Å². The fraction of sp³-hybridized carbons (Fsp3) is 0.520. The number of carbonyl (C=O) groups is 1. The molecule has 4 heterocycles. The maximum atomic E-state index is 12.9. The van der Waals surface area contributed by atoms with E-state index in [1.54, 1.807) is 4.90 Å². The Labute approximate surface area is 195 Å². The lowest BCUT2D eigenvalue weighted by Gasteiger charge is -2.31. The van der Waals surface area contributed by atoms with Crippen molar-refractivity contribution in [3.63, 3.8) is 0 Å². The normalized spacial score (nSPS) is 20.3. The summed E-state index contributed by atoms with van der Waals surface area (Å²) < 4.78 is 5.41. The number of pyridine rings is 1. The third-order valence-electron chi connectivity index (χ3n) is 6.83. The zero-order valence-corrected chi connectivity index (χ0v) is 19.1. The van der Waals surface area contributed by atoms with Crippen LogP contribution in [0, 0.1) is 0 Å². The molecular weight excluding hydrogens is 418 g/mol. The van der Waals surface area contributed by atoms with Crippen molar-refractivity contribution < 1.29 is 14.6 Å². The van der Waals surface area contributed by atoms with Gasteiger partial charge in [-0.2, -0.15) is 0 Å². The summed E-state index contributed by atoms with van der Waals surface area (Å²) in [7, 11) is 0. The minimum atomic E-state index is -0.551. The molecule has 2 aromatic rings. The second kappa shape index (κ2) is 10.1. The van der Waals surface area contributed by atoms with Gasteiger partial charge in [-0.3, -0.25) is 9.88 Å². The van der Waals surface area contributed by atoms with E-state index in [1.807, 2.05) is 17.2 Å². The standard InChI is InChI=1S/C25H33N5O3/c31-24(18-27-8-7-20-3-1-2-4-21(20)16-27)19-30-10-9-29(25(30)32)17-22-5-6-23(15-26-22)28-11-13-33-14-12-28/h1-6,15,24,31H,7-14,16-19H2. The van der Waals surface area contributed by atoms with Crippen LogP contribution in [0.2, 0.25) is 0 Å². The first-order valence-electron chi connectivity index (χ1n) is 11.9. The fourth-order valence-corrected chi connectivity index (χ4v) is 4.98. The van der Waals surface area contributed by atoms with Crippen molar-refractivity contribution >= 4 is 11.7 Å². The van der Waals surface area contributed by atoms with Gasteiger partial charge < -0.3 is 24.5 Å². The van der Waals surface area contributed by atoms with E-state index in [4.69, 9.17) is 4.74 Å². The molecule has 176 valence electrons. The van der Waals surface area contributed by atoms with E-state index < -0.39 is 6.10 Å². The summed E-state index contributed by atoms with van der Waals surface area (Å²) in [6, 6.07) is 12.6. The predicted molar refractivity (Wildman–Crippen MR) is 126 cm³/mol. The SMILES string of the molecule is O=C1N(Cc2ccc(N3CCOCC3)cn2)CCN1CC(O)CN1CCc2ccccc2C1. The number of β-amino-alcohol motifs (C(OH)–C–C–N with tert-alkyl or cyclic N) is 1. The summed E-state index contributed by atoms with van der Waals surface area (Å²) in [6.45, 7) is 7.82. The van der Waals surface area contributed by atoms with Crippen LogP contribution in [0.5, 0.6) is 0 Å². The second-order valence-corrected chi connectivity index (χ2v) is 9.16. The van der Waals surface area contributed by atoms with Gasteiger partial charge in [0.15, 0.2) is 0 Å². The number of benzene rings is 1. The van der Waals surface area contributed by atoms with E-state index in [9.17, 15) is 9.90 Å². The first-order valence-corrected chi connectivity index (χ1v) is 11.9. The number of rotatable bonds is 7. The molecule has 5 rings (SSSR count). The summed E-state index contributed by atoms with van der Waals surface area (Å²) >= 11 is 0. The Morgan fingerprint density at radius 2 is 1.73 bits per heavy atom. The van der Waals surface area contributed by atoms with Gasteiger partial charge in [0.1, 0.15) is 0 Å². The monoisotopic (exact) mass is 451 g/mol. The van der Waals surface area contributed by atoms with Crippen molar-refractivity contribution in [3.8, 4) is 0 Å². The molecule has 3 aliphatic rings. The number of aliphatic hydroxyl groups is 1. The van der Waals surface area contributed by atoms with E-state index in [-0.39, 0.29) is 6.03 Å². The van der Waals surface area contributed by atoms with Gasteiger partial charge in [0.2, 0.25) is 0 Å². The predicted octanol–water partition coefficient (Wildman–Crippen LogP) is 1.58. The Morgan fingerprint density at radius 3 is 2.52 bits per heavy atom. The number of urea groups is 1. The second-order valence-electron chi connectivity index (χ2n) is 9.16. The lowest BCUT2D eigenvalue weighted by Crippen LogP contribution is -2.43. The lowest BCUT2D eigenvalue weighted by atomic mass is 10.00. The van der Waals surface area contributed by atoms with Gasteiger partial charge in [-0.05, 0) is 29.7 Å². The summed E-state index contributed by atoms with van der Waals surface area (Å²) in [4.78, 5) is 25.6. The number of ether oxygens (including phenoxy) is 1. The number of amides is 2. The summed E-state index contributed by atoms with van der Waals surface area (Å²) in [6.07, 6.45) is 2.35. The number of carbonyl (C=O) groups excluding carboxylic acids is 1. The number of nitrogens with zero attached hydrogens (tertiary/aromatic N) is 5. The largest absolute Gasteiger partial charge is 0.390 e. The Hall–Kier alpha value is -2.68. The molecule has 8 heteroatoms. The highest BCUT2D eigenvalue weighted by Gasteiger charge is 2.30. The van der Waals surface area contributed by atoms with Gasteiger partial charge in [0.25, 0.3) is 0 Å². The van der Waals surface area contributed by atoms with Gasteiger partial charge in [-0.25, -0.2) is 4.79 Å². The molecule has 8 nitrogen and oxygen atoms in total. The average molecular weight is 452 g/mol. The summed E-state index contributed by atoms with van der Waals surface area (Å²) in [5.41, 5.74) is 4.72. The number of aromatic nitrogens is 1. The Kier molecular flexibility index (Phi) is 6.75. The van der Waals surface area contributed by atoms with Crippen molar-refractivity contribution in [2.24, 2.45) is 0 Å². The smallest absolute Gasteiger partial charge is 0.320 e. The molecule has 0 bridgehead atoms. The number of hydrogen-bond acceptors (Lipinski definition) is 6. The molecule has 0 spiro atoms. The highest BCUT2D eigenvalue weighted by atomic mass is 16.5. The van der Waals surface area contributed by atoms with E-state index in [0.29, 0.717) is 32.7 Å². The molecule has 1 N–H and O–H groups in total. The molecule has 33 heavy (non-hydrogen) atoms. The molecule has 0 aliphatic carbocycles.